The van der Waals surface area contributed by atoms with E-state index in [9.17, 15) is 18.0 Å². The van der Waals surface area contributed by atoms with Crippen molar-refractivity contribution in [2.24, 2.45) is 10.9 Å². The number of hydrogen-bond donors (Lipinski definition) is 5. The van der Waals surface area contributed by atoms with E-state index < -0.39 is 21.5 Å². The van der Waals surface area contributed by atoms with Crippen LogP contribution in [0.3, 0.4) is 0 Å². The number of primary sulfonamides is 1. The monoisotopic (exact) mass is 364 g/mol. The van der Waals surface area contributed by atoms with Crippen LogP contribution in [-0.2, 0) is 10.0 Å². The van der Waals surface area contributed by atoms with Gasteiger partial charge in [-0.05, 0) is 37.1 Å². The predicted octanol–water partition coefficient (Wildman–Crippen LogP) is -0.166. The van der Waals surface area contributed by atoms with Gasteiger partial charge in [0.25, 0.3) is 11.5 Å². The van der Waals surface area contributed by atoms with Crippen molar-refractivity contribution >= 4 is 33.4 Å². The van der Waals surface area contributed by atoms with Gasteiger partial charge in [-0.15, -0.1) is 0 Å². The minimum absolute atomic E-state index is 0.0252. The molecule has 0 spiro atoms. The Kier molecular flexibility index (Phi) is 4.18. The Morgan fingerprint density at radius 1 is 1.24 bits per heavy atom. The topological polar surface area (TPSA) is 173 Å². The van der Waals surface area contributed by atoms with E-state index in [-0.39, 0.29) is 28.3 Å². The molecule has 1 fully saturated rings. The number of hydrogen-bond acceptors (Lipinski definition) is 7. The number of amides is 1. The van der Waals surface area contributed by atoms with Crippen LogP contribution < -0.4 is 27.1 Å². The zero-order valence-corrected chi connectivity index (χ0v) is 13.8. The molecule has 3 rings (SSSR count). The molecule has 10 nitrogen and oxygen atoms in total. The van der Waals surface area contributed by atoms with Crippen LogP contribution in [-0.4, -0.2) is 30.3 Å². The zero-order valence-electron chi connectivity index (χ0n) is 12.9. The summed E-state index contributed by atoms with van der Waals surface area (Å²) in [6, 6.07) is 5.68. The van der Waals surface area contributed by atoms with Gasteiger partial charge >= 0.3 is 0 Å². The van der Waals surface area contributed by atoms with Crippen LogP contribution in [0, 0.1) is 0 Å². The van der Waals surface area contributed by atoms with Crippen molar-refractivity contribution in [1.29, 1.82) is 0 Å². The fourth-order valence-corrected chi connectivity index (χ4v) is 2.66. The molecule has 1 saturated carbocycles. The lowest BCUT2D eigenvalue weighted by molar-refractivity contribution is 0.0999. The highest BCUT2D eigenvalue weighted by Gasteiger charge is 2.23. The van der Waals surface area contributed by atoms with Gasteiger partial charge in [-0.25, -0.2) is 13.6 Å². The molecular weight excluding hydrogens is 348 g/mol. The molecule has 1 aromatic heterocycles. The minimum Gasteiger partial charge on any atom is -0.365 e. The summed E-state index contributed by atoms with van der Waals surface area (Å²) in [5.41, 5.74) is 4.67. The normalized spacial score (nSPS) is 14.1. The van der Waals surface area contributed by atoms with Gasteiger partial charge in [-0.3, -0.25) is 14.6 Å². The highest BCUT2D eigenvalue weighted by atomic mass is 32.2. The summed E-state index contributed by atoms with van der Waals surface area (Å²) in [6.07, 6.45) is 1.94. The first-order valence-corrected chi connectivity index (χ1v) is 8.89. The van der Waals surface area contributed by atoms with E-state index in [1.165, 1.54) is 24.3 Å². The standard InChI is InChI=1S/C14H16N6O4S/c15-11(21)10-12(19-14(20-13(10)22)18-8-1-2-8)17-7-3-5-9(6-4-7)25(16,23)24/h3-6,8H,1-2H2,(H2,15,21)(H2,16,23,24)(H3,17,18,19,20,22). The van der Waals surface area contributed by atoms with Crippen molar-refractivity contribution in [3.8, 4) is 0 Å². The second-order valence-corrected chi connectivity index (χ2v) is 7.18. The first-order valence-electron chi connectivity index (χ1n) is 7.34. The third-order valence-electron chi connectivity index (χ3n) is 3.53. The largest absolute Gasteiger partial charge is 0.365 e. The molecule has 25 heavy (non-hydrogen) atoms. The molecule has 1 aromatic carbocycles. The summed E-state index contributed by atoms with van der Waals surface area (Å²) in [4.78, 5) is 30.3. The van der Waals surface area contributed by atoms with Crippen LogP contribution in [0.25, 0.3) is 0 Å². The van der Waals surface area contributed by atoms with Crippen LogP contribution in [0.2, 0.25) is 0 Å². The Morgan fingerprint density at radius 2 is 1.88 bits per heavy atom. The Morgan fingerprint density at radius 3 is 2.40 bits per heavy atom. The van der Waals surface area contributed by atoms with Gasteiger partial charge in [0.05, 0.1) is 4.90 Å². The van der Waals surface area contributed by atoms with Crippen LogP contribution in [0.15, 0.2) is 34.0 Å². The summed E-state index contributed by atoms with van der Waals surface area (Å²) in [6.45, 7) is 0. The lowest BCUT2D eigenvalue weighted by Gasteiger charge is -2.11. The molecule has 0 saturated heterocycles. The van der Waals surface area contributed by atoms with E-state index in [1.54, 1.807) is 0 Å². The molecule has 1 aliphatic carbocycles. The molecule has 0 unspecified atom stereocenters. The molecule has 1 heterocycles. The number of carbonyl (C=O) groups is 1. The van der Waals surface area contributed by atoms with E-state index in [2.05, 4.69) is 20.6 Å². The van der Waals surface area contributed by atoms with Crippen LogP contribution >= 0.6 is 0 Å². The van der Waals surface area contributed by atoms with Gasteiger partial charge in [0.2, 0.25) is 16.0 Å². The number of aromatic amines is 1. The molecule has 2 aromatic rings. The average Bonchev–Trinajstić information content (AvgIpc) is 3.30. The number of anilines is 3. The summed E-state index contributed by atoms with van der Waals surface area (Å²) in [5.74, 6) is -0.737. The van der Waals surface area contributed by atoms with Crippen LogP contribution in [0.1, 0.15) is 23.2 Å². The molecular formula is C14H16N6O4S. The fourth-order valence-electron chi connectivity index (χ4n) is 2.15. The van der Waals surface area contributed by atoms with E-state index in [1.807, 2.05) is 0 Å². The second kappa shape index (κ2) is 6.18. The number of primary amides is 1. The predicted molar refractivity (Wildman–Crippen MR) is 91.1 cm³/mol. The molecule has 0 aliphatic heterocycles. The zero-order chi connectivity index (χ0) is 18.2. The maximum atomic E-state index is 12.1. The fraction of sp³-hybridized carbons (Fsp3) is 0.214. The summed E-state index contributed by atoms with van der Waals surface area (Å²) in [7, 11) is -3.82. The number of nitrogens with zero attached hydrogens (tertiary/aromatic N) is 1. The van der Waals surface area contributed by atoms with Crippen molar-refractivity contribution in [3.05, 3.63) is 40.2 Å². The maximum Gasteiger partial charge on any atom is 0.267 e. The molecule has 0 bridgehead atoms. The number of H-pyrrole nitrogens is 1. The third-order valence-corrected chi connectivity index (χ3v) is 4.46. The van der Waals surface area contributed by atoms with Gasteiger partial charge in [0.15, 0.2) is 5.82 Å². The van der Waals surface area contributed by atoms with E-state index in [4.69, 9.17) is 10.9 Å². The van der Waals surface area contributed by atoms with E-state index in [0.29, 0.717) is 5.69 Å². The lowest BCUT2D eigenvalue weighted by Crippen LogP contribution is -2.27. The summed E-state index contributed by atoms with van der Waals surface area (Å²) >= 11 is 0. The Bertz CT molecular complexity index is 979. The van der Waals surface area contributed by atoms with Crippen LogP contribution in [0.4, 0.5) is 17.5 Å². The number of sulfonamides is 1. The molecule has 1 aliphatic rings. The first-order chi connectivity index (χ1) is 11.7. The number of benzene rings is 1. The quantitative estimate of drug-likeness (QED) is 0.473. The maximum absolute atomic E-state index is 12.1. The SMILES string of the molecule is NC(=O)c1c(Nc2ccc(S(N)(=O)=O)cc2)nc(NC2CC2)[nH]c1=O. The van der Waals surface area contributed by atoms with Crippen molar-refractivity contribution in [2.75, 3.05) is 10.6 Å². The van der Waals surface area contributed by atoms with Gasteiger partial charge in [0.1, 0.15) is 5.56 Å². The Hall–Kier alpha value is -2.92. The minimum atomic E-state index is -3.82. The molecule has 7 N–H and O–H groups in total. The highest BCUT2D eigenvalue weighted by molar-refractivity contribution is 7.89. The van der Waals surface area contributed by atoms with Crippen molar-refractivity contribution in [1.82, 2.24) is 9.97 Å². The van der Waals surface area contributed by atoms with E-state index >= 15 is 0 Å². The van der Waals surface area contributed by atoms with Gasteiger partial charge in [-0.1, -0.05) is 0 Å². The summed E-state index contributed by atoms with van der Waals surface area (Å²) < 4.78 is 22.5. The highest BCUT2D eigenvalue weighted by Crippen LogP contribution is 2.24. The number of nitrogens with two attached hydrogens (primary N) is 2. The van der Waals surface area contributed by atoms with Crippen molar-refractivity contribution < 1.29 is 13.2 Å². The van der Waals surface area contributed by atoms with E-state index in [0.717, 1.165) is 12.8 Å². The molecule has 132 valence electrons. The third kappa shape index (κ3) is 3.95. The number of carbonyl (C=O) groups excluding carboxylic acids is 1. The van der Waals surface area contributed by atoms with Crippen molar-refractivity contribution in [2.45, 2.75) is 23.8 Å². The first kappa shape index (κ1) is 16.9. The molecule has 11 heteroatoms. The number of rotatable bonds is 6. The number of nitrogens with one attached hydrogen (secondary N) is 3. The van der Waals surface area contributed by atoms with Crippen molar-refractivity contribution in [3.63, 3.8) is 0 Å². The lowest BCUT2D eigenvalue weighted by atomic mass is 10.2. The van der Waals surface area contributed by atoms with Gasteiger partial charge < -0.3 is 16.4 Å². The van der Waals surface area contributed by atoms with Gasteiger partial charge in [-0.2, -0.15) is 4.98 Å². The Labute approximate surface area is 142 Å². The smallest absolute Gasteiger partial charge is 0.267 e. The Balaban J connectivity index is 1.95. The second-order valence-electron chi connectivity index (χ2n) is 5.62. The van der Waals surface area contributed by atoms with Crippen LogP contribution in [0.5, 0.6) is 0 Å². The molecule has 0 radical (unpaired) electrons. The summed E-state index contributed by atoms with van der Waals surface area (Å²) in [5, 5.41) is 10.9. The average molecular weight is 364 g/mol. The molecule has 1 amide bonds. The molecule has 0 atom stereocenters. The number of aromatic nitrogens is 2. The van der Waals surface area contributed by atoms with Gasteiger partial charge in [0, 0.05) is 11.7 Å².